The third kappa shape index (κ3) is 4.07. The van der Waals surface area contributed by atoms with Crippen molar-refractivity contribution in [3.05, 3.63) is 29.3 Å². The number of aromatic carboxylic acids is 1. The van der Waals surface area contributed by atoms with E-state index in [1.165, 1.54) is 12.1 Å². The largest absolute Gasteiger partial charge is 0.478 e. The first kappa shape index (κ1) is 13.5. The molecule has 4 nitrogen and oxygen atoms in total. The molecule has 0 aromatic heterocycles. The number of carboxylic acid groups (broad SMARTS) is 1. The van der Waals surface area contributed by atoms with Crippen LogP contribution in [-0.2, 0) is 4.79 Å². The highest BCUT2D eigenvalue weighted by molar-refractivity contribution is 6.18. The normalized spacial score (nSPS) is 10.0. The molecule has 0 fully saturated rings. The summed E-state index contributed by atoms with van der Waals surface area (Å²) in [5.74, 6) is -0.737. The highest BCUT2D eigenvalue weighted by Crippen LogP contribution is 2.17. The van der Waals surface area contributed by atoms with Gasteiger partial charge in [-0.3, -0.25) is 4.79 Å². The van der Waals surface area contributed by atoms with Crippen LogP contribution in [0.2, 0.25) is 0 Å². The molecule has 17 heavy (non-hydrogen) atoms. The van der Waals surface area contributed by atoms with Crippen LogP contribution in [-0.4, -0.2) is 22.9 Å². The molecule has 0 aliphatic heterocycles. The molecule has 1 amide bonds. The van der Waals surface area contributed by atoms with Crippen molar-refractivity contribution in [1.29, 1.82) is 0 Å². The Balaban J connectivity index is 2.79. The van der Waals surface area contributed by atoms with Crippen LogP contribution in [0.15, 0.2) is 18.2 Å². The van der Waals surface area contributed by atoms with Gasteiger partial charge < -0.3 is 10.4 Å². The second-order valence-corrected chi connectivity index (χ2v) is 4.05. The fourth-order valence-corrected chi connectivity index (χ4v) is 1.46. The molecule has 0 bridgehead atoms. The molecule has 2 N–H and O–H groups in total. The molecule has 5 heteroatoms. The van der Waals surface area contributed by atoms with E-state index in [1.807, 2.05) is 6.92 Å². The van der Waals surface area contributed by atoms with Crippen molar-refractivity contribution in [1.82, 2.24) is 0 Å². The van der Waals surface area contributed by atoms with E-state index in [0.717, 1.165) is 5.56 Å². The molecule has 0 radical (unpaired) electrons. The lowest BCUT2D eigenvalue weighted by Crippen LogP contribution is -2.13. The number of hydrogen-bond donors (Lipinski definition) is 2. The number of halogens is 1. The summed E-state index contributed by atoms with van der Waals surface area (Å²) in [5, 5.41) is 11.5. The van der Waals surface area contributed by atoms with E-state index in [9.17, 15) is 9.59 Å². The number of carbonyl (C=O) groups is 2. The molecule has 1 aromatic carbocycles. The van der Waals surface area contributed by atoms with E-state index in [4.69, 9.17) is 16.7 Å². The predicted octanol–water partition coefficient (Wildman–Crippen LogP) is 2.65. The zero-order chi connectivity index (χ0) is 12.8. The first-order valence-electron chi connectivity index (χ1n) is 5.24. The van der Waals surface area contributed by atoms with Gasteiger partial charge in [0.15, 0.2) is 0 Å². The quantitative estimate of drug-likeness (QED) is 0.795. The second-order valence-electron chi connectivity index (χ2n) is 3.68. The van der Waals surface area contributed by atoms with Crippen molar-refractivity contribution in [2.24, 2.45) is 0 Å². The van der Waals surface area contributed by atoms with Gasteiger partial charge >= 0.3 is 5.97 Å². The van der Waals surface area contributed by atoms with Gasteiger partial charge in [-0.05, 0) is 31.0 Å². The van der Waals surface area contributed by atoms with Gasteiger partial charge in [-0.2, -0.15) is 0 Å². The topological polar surface area (TPSA) is 66.4 Å². The van der Waals surface area contributed by atoms with Gasteiger partial charge in [0.05, 0.1) is 5.56 Å². The average Bonchev–Trinajstić information content (AvgIpc) is 2.29. The van der Waals surface area contributed by atoms with E-state index in [1.54, 1.807) is 6.07 Å². The van der Waals surface area contributed by atoms with Gasteiger partial charge in [0.25, 0.3) is 0 Å². The standard InChI is InChI=1S/C12H14ClNO3/c1-8-4-5-9(12(16)17)7-10(8)14-11(15)3-2-6-13/h4-5,7H,2-3,6H2,1H3,(H,14,15)(H,16,17). The minimum atomic E-state index is -1.01. The number of carbonyl (C=O) groups excluding carboxylic acids is 1. The fourth-order valence-electron chi connectivity index (χ4n) is 1.33. The lowest BCUT2D eigenvalue weighted by molar-refractivity contribution is -0.116. The second kappa shape index (κ2) is 6.25. The molecule has 1 aromatic rings. The summed E-state index contributed by atoms with van der Waals surface area (Å²) in [4.78, 5) is 22.3. The van der Waals surface area contributed by atoms with Gasteiger partial charge in [-0.25, -0.2) is 4.79 Å². The summed E-state index contributed by atoms with van der Waals surface area (Å²) < 4.78 is 0. The zero-order valence-electron chi connectivity index (χ0n) is 9.50. The molecule has 0 aliphatic rings. The number of rotatable bonds is 5. The van der Waals surface area contributed by atoms with Gasteiger partial charge in [0.1, 0.15) is 0 Å². The number of amides is 1. The minimum Gasteiger partial charge on any atom is -0.478 e. The molecule has 0 spiro atoms. The summed E-state index contributed by atoms with van der Waals surface area (Å²) in [7, 11) is 0. The monoisotopic (exact) mass is 255 g/mol. The number of nitrogens with one attached hydrogen (secondary N) is 1. The SMILES string of the molecule is Cc1ccc(C(=O)O)cc1NC(=O)CCCCl. The first-order valence-corrected chi connectivity index (χ1v) is 5.78. The number of benzene rings is 1. The van der Waals surface area contributed by atoms with Crippen molar-refractivity contribution in [3.63, 3.8) is 0 Å². The first-order chi connectivity index (χ1) is 8.04. The summed E-state index contributed by atoms with van der Waals surface area (Å²) in [6.07, 6.45) is 0.936. The summed E-state index contributed by atoms with van der Waals surface area (Å²) in [6.45, 7) is 1.81. The Morgan fingerprint density at radius 1 is 1.41 bits per heavy atom. The Kier molecular flexibility index (Phi) is 4.97. The lowest BCUT2D eigenvalue weighted by Gasteiger charge is -2.08. The van der Waals surface area contributed by atoms with Crippen LogP contribution in [0.25, 0.3) is 0 Å². The molecule has 0 saturated carbocycles. The Hall–Kier alpha value is -1.55. The van der Waals surface area contributed by atoms with Crippen LogP contribution in [0.5, 0.6) is 0 Å². The van der Waals surface area contributed by atoms with Gasteiger partial charge in [-0.1, -0.05) is 6.07 Å². The molecule has 1 rings (SSSR count). The maximum absolute atomic E-state index is 11.5. The number of hydrogen-bond acceptors (Lipinski definition) is 2. The smallest absolute Gasteiger partial charge is 0.335 e. The molecule has 0 atom stereocenters. The van der Waals surface area contributed by atoms with E-state index < -0.39 is 5.97 Å². The summed E-state index contributed by atoms with van der Waals surface area (Å²) in [5.41, 5.74) is 1.52. The van der Waals surface area contributed by atoms with Crippen molar-refractivity contribution in [2.75, 3.05) is 11.2 Å². The Morgan fingerprint density at radius 2 is 2.12 bits per heavy atom. The van der Waals surface area contributed by atoms with Crippen molar-refractivity contribution in [2.45, 2.75) is 19.8 Å². The van der Waals surface area contributed by atoms with Gasteiger partial charge in [-0.15, -0.1) is 11.6 Å². The number of carboxylic acids is 1. The molecule has 0 heterocycles. The van der Waals surface area contributed by atoms with E-state index >= 15 is 0 Å². The van der Waals surface area contributed by atoms with Crippen LogP contribution in [0, 0.1) is 6.92 Å². The maximum atomic E-state index is 11.5. The van der Waals surface area contributed by atoms with Crippen molar-refractivity contribution in [3.8, 4) is 0 Å². The van der Waals surface area contributed by atoms with Gasteiger partial charge in [0, 0.05) is 18.0 Å². The van der Waals surface area contributed by atoms with E-state index in [-0.39, 0.29) is 11.5 Å². The predicted molar refractivity (Wildman–Crippen MR) is 66.7 cm³/mol. The van der Waals surface area contributed by atoms with E-state index in [0.29, 0.717) is 24.4 Å². The number of anilines is 1. The molecule has 0 aliphatic carbocycles. The average molecular weight is 256 g/mol. The minimum absolute atomic E-state index is 0.156. The molecule has 92 valence electrons. The van der Waals surface area contributed by atoms with Crippen molar-refractivity contribution >= 4 is 29.2 Å². The van der Waals surface area contributed by atoms with Crippen LogP contribution >= 0.6 is 11.6 Å². The Morgan fingerprint density at radius 3 is 2.71 bits per heavy atom. The Bertz CT molecular complexity index is 432. The van der Waals surface area contributed by atoms with Crippen molar-refractivity contribution < 1.29 is 14.7 Å². The zero-order valence-corrected chi connectivity index (χ0v) is 10.3. The molecule has 0 saturated heterocycles. The van der Waals surface area contributed by atoms with Crippen LogP contribution in [0.1, 0.15) is 28.8 Å². The van der Waals surface area contributed by atoms with Crippen LogP contribution in [0.4, 0.5) is 5.69 Å². The highest BCUT2D eigenvalue weighted by atomic mass is 35.5. The lowest BCUT2D eigenvalue weighted by atomic mass is 10.1. The Labute approximate surface area is 105 Å². The van der Waals surface area contributed by atoms with Crippen LogP contribution in [0.3, 0.4) is 0 Å². The third-order valence-electron chi connectivity index (χ3n) is 2.30. The van der Waals surface area contributed by atoms with Gasteiger partial charge in [0.2, 0.25) is 5.91 Å². The van der Waals surface area contributed by atoms with Crippen LogP contribution < -0.4 is 5.32 Å². The number of alkyl halides is 1. The molecule has 0 unspecified atom stereocenters. The number of aryl methyl sites for hydroxylation is 1. The van der Waals surface area contributed by atoms with E-state index in [2.05, 4.69) is 5.32 Å². The third-order valence-corrected chi connectivity index (χ3v) is 2.56. The fraction of sp³-hybridized carbons (Fsp3) is 0.333. The molecular weight excluding hydrogens is 242 g/mol. The highest BCUT2D eigenvalue weighted by Gasteiger charge is 2.08. The molecular formula is C12H14ClNO3. The summed E-state index contributed by atoms with van der Waals surface area (Å²) >= 11 is 5.49. The maximum Gasteiger partial charge on any atom is 0.335 e. The summed E-state index contributed by atoms with van der Waals surface area (Å²) in [6, 6.07) is 4.63.